The highest BCUT2D eigenvalue weighted by Gasteiger charge is 2.38. The van der Waals surface area contributed by atoms with Crippen LogP contribution in [0.5, 0.6) is 0 Å². The van der Waals surface area contributed by atoms with E-state index in [0.717, 1.165) is 5.69 Å². The molecule has 1 aromatic carbocycles. The first-order chi connectivity index (χ1) is 11.5. The lowest BCUT2D eigenvalue weighted by Crippen LogP contribution is -2.44. The van der Waals surface area contributed by atoms with E-state index in [0.29, 0.717) is 37.5 Å². The van der Waals surface area contributed by atoms with Crippen molar-refractivity contribution in [1.29, 1.82) is 0 Å². The first-order valence-electron chi connectivity index (χ1n) is 8.09. The van der Waals surface area contributed by atoms with E-state index in [1.807, 2.05) is 0 Å². The third kappa shape index (κ3) is 3.38. The van der Waals surface area contributed by atoms with Crippen molar-refractivity contribution in [1.82, 2.24) is 4.90 Å². The Morgan fingerprint density at radius 2 is 1.71 bits per heavy atom. The Balaban J connectivity index is 1.62. The summed E-state index contributed by atoms with van der Waals surface area (Å²) in [4.78, 5) is 39.5. The average molecular weight is 350 g/mol. The number of hydrogen-bond donors (Lipinski definition) is 1. The Hall–Kier alpha value is -2.08. The molecule has 2 fully saturated rings. The van der Waals surface area contributed by atoms with Crippen molar-refractivity contribution >= 4 is 35.0 Å². The van der Waals surface area contributed by atoms with Gasteiger partial charge in [-0.1, -0.05) is 11.6 Å². The molecule has 3 amide bonds. The molecule has 2 N–H and O–H groups in total. The second-order valence-corrected chi connectivity index (χ2v) is 6.82. The largest absolute Gasteiger partial charge is 0.369 e. The van der Waals surface area contributed by atoms with Crippen LogP contribution in [0, 0.1) is 11.8 Å². The van der Waals surface area contributed by atoms with Crippen LogP contribution in [-0.4, -0.2) is 42.3 Å². The lowest BCUT2D eigenvalue weighted by atomic mass is 9.95. The van der Waals surface area contributed by atoms with Crippen LogP contribution in [0.1, 0.15) is 19.3 Å². The van der Waals surface area contributed by atoms with Gasteiger partial charge in [-0.2, -0.15) is 0 Å². The number of rotatable bonds is 3. The van der Waals surface area contributed by atoms with Gasteiger partial charge in [-0.05, 0) is 37.1 Å². The maximum Gasteiger partial charge on any atom is 0.228 e. The number of nitrogens with zero attached hydrogens (tertiary/aromatic N) is 2. The lowest BCUT2D eigenvalue weighted by Gasteiger charge is -2.32. The predicted octanol–water partition coefficient (Wildman–Crippen LogP) is 1.42. The number of likely N-dealkylation sites (tertiary alicyclic amines) is 1. The summed E-state index contributed by atoms with van der Waals surface area (Å²) in [6.07, 6.45) is 1.42. The normalized spacial score (nSPS) is 22.0. The molecule has 24 heavy (non-hydrogen) atoms. The van der Waals surface area contributed by atoms with Gasteiger partial charge in [0.05, 0.1) is 5.92 Å². The number of benzene rings is 1. The topological polar surface area (TPSA) is 83.7 Å². The summed E-state index contributed by atoms with van der Waals surface area (Å²) in [5, 5.41) is 0.607. The van der Waals surface area contributed by atoms with Gasteiger partial charge >= 0.3 is 0 Å². The molecule has 6 nitrogen and oxygen atoms in total. The first-order valence-corrected chi connectivity index (χ1v) is 8.47. The SMILES string of the molecule is NC(=O)C1CCN(C(=O)[C@@H]2CC(=O)N(c3ccc(Cl)cc3)C2)CC1. The fourth-order valence-corrected chi connectivity index (χ4v) is 3.51. The highest BCUT2D eigenvalue weighted by molar-refractivity contribution is 6.30. The summed E-state index contributed by atoms with van der Waals surface area (Å²) in [7, 11) is 0. The van der Waals surface area contributed by atoms with Gasteiger partial charge < -0.3 is 15.5 Å². The summed E-state index contributed by atoms with van der Waals surface area (Å²) in [5.41, 5.74) is 6.08. The van der Waals surface area contributed by atoms with Gasteiger partial charge in [0.2, 0.25) is 17.7 Å². The number of carbonyl (C=O) groups excluding carboxylic acids is 3. The fourth-order valence-electron chi connectivity index (χ4n) is 3.39. The second kappa shape index (κ2) is 6.81. The molecule has 2 heterocycles. The van der Waals surface area contributed by atoms with Crippen molar-refractivity contribution in [2.45, 2.75) is 19.3 Å². The molecule has 2 aliphatic heterocycles. The number of halogens is 1. The standard InChI is InChI=1S/C17H20ClN3O3/c18-13-1-3-14(4-2-13)21-10-12(9-15(21)22)17(24)20-7-5-11(6-8-20)16(19)23/h1-4,11-12H,5-10H2,(H2,19,23)/t12-/m1/s1. The van der Waals surface area contributed by atoms with Crippen LogP contribution in [0.25, 0.3) is 0 Å². The van der Waals surface area contributed by atoms with Gasteiger partial charge in [-0.15, -0.1) is 0 Å². The third-order valence-electron chi connectivity index (χ3n) is 4.82. The van der Waals surface area contributed by atoms with Crippen LogP contribution in [0.4, 0.5) is 5.69 Å². The molecule has 1 aromatic rings. The van der Waals surface area contributed by atoms with Crippen LogP contribution < -0.4 is 10.6 Å². The quantitative estimate of drug-likeness (QED) is 0.895. The lowest BCUT2D eigenvalue weighted by molar-refractivity contribution is -0.138. The Labute approximate surface area is 145 Å². The predicted molar refractivity (Wildman–Crippen MR) is 90.4 cm³/mol. The summed E-state index contributed by atoms with van der Waals surface area (Å²) < 4.78 is 0. The fraction of sp³-hybridized carbons (Fsp3) is 0.471. The van der Waals surface area contributed by atoms with Crippen molar-refractivity contribution in [3.63, 3.8) is 0 Å². The van der Waals surface area contributed by atoms with Gasteiger partial charge in [0.1, 0.15) is 0 Å². The Kier molecular flexibility index (Phi) is 4.76. The zero-order chi connectivity index (χ0) is 17.3. The zero-order valence-electron chi connectivity index (χ0n) is 13.3. The van der Waals surface area contributed by atoms with E-state index in [-0.39, 0.29) is 36.0 Å². The molecule has 0 saturated carbocycles. The average Bonchev–Trinajstić information content (AvgIpc) is 2.97. The van der Waals surface area contributed by atoms with Crippen molar-refractivity contribution < 1.29 is 14.4 Å². The number of amides is 3. The molecule has 3 rings (SSSR count). The molecule has 0 aromatic heterocycles. The summed E-state index contributed by atoms with van der Waals surface area (Å²) in [6, 6.07) is 7.03. The van der Waals surface area contributed by atoms with Crippen LogP contribution in [0.15, 0.2) is 24.3 Å². The van der Waals surface area contributed by atoms with Crippen molar-refractivity contribution in [3.05, 3.63) is 29.3 Å². The maximum absolute atomic E-state index is 12.7. The van der Waals surface area contributed by atoms with E-state index in [4.69, 9.17) is 17.3 Å². The Bertz CT molecular complexity index is 654. The first kappa shape index (κ1) is 16.8. The van der Waals surface area contributed by atoms with Gasteiger partial charge in [0.25, 0.3) is 0 Å². The number of piperidine rings is 1. The molecule has 128 valence electrons. The molecular formula is C17H20ClN3O3. The van der Waals surface area contributed by atoms with Crippen LogP contribution >= 0.6 is 11.6 Å². The molecular weight excluding hydrogens is 330 g/mol. The van der Waals surface area contributed by atoms with E-state index >= 15 is 0 Å². The number of hydrogen-bond acceptors (Lipinski definition) is 3. The summed E-state index contributed by atoms with van der Waals surface area (Å²) in [5.74, 6) is -0.847. The number of carbonyl (C=O) groups is 3. The van der Waals surface area contributed by atoms with Gasteiger partial charge in [-0.3, -0.25) is 14.4 Å². The molecule has 0 aliphatic carbocycles. The highest BCUT2D eigenvalue weighted by Crippen LogP contribution is 2.28. The summed E-state index contributed by atoms with van der Waals surface area (Å²) >= 11 is 5.87. The zero-order valence-corrected chi connectivity index (χ0v) is 14.0. The third-order valence-corrected chi connectivity index (χ3v) is 5.07. The van der Waals surface area contributed by atoms with Crippen molar-refractivity contribution in [2.75, 3.05) is 24.5 Å². The van der Waals surface area contributed by atoms with E-state index in [1.54, 1.807) is 34.1 Å². The molecule has 0 bridgehead atoms. The molecule has 7 heteroatoms. The molecule has 0 radical (unpaired) electrons. The van der Waals surface area contributed by atoms with Crippen LogP contribution in [0.2, 0.25) is 5.02 Å². The van der Waals surface area contributed by atoms with Crippen molar-refractivity contribution in [3.8, 4) is 0 Å². The van der Waals surface area contributed by atoms with E-state index in [2.05, 4.69) is 0 Å². The van der Waals surface area contributed by atoms with E-state index in [9.17, 15) is 14.4 Å². The van der Waals surface area contributed by atoms with Crippen LogP contribution in [0.3, 0.4) is 0 Å². The van der Waals surface area contributed by atoms with Gasteiger partial charge in [0, 0.05) is 42.7 Å². The number of nitrogens with two attached hydrogens (primary N) is 1. The Morgan fingerprint density at radius 1 is 1.08 bits per heavy atom. The minimum absolute atomic E-state index is 0.0114. The number of anilines is 1. The summed E-state index contributed by atoms with van der Waals surface area (Å²) in [6.45, 7) is 1.44. The monoisotopic (exact) mass is 349 g/mol. The minimum Gasteiger partial charge on any atom is -0.369 e. The van der Waals surface area contributed by atoms with E-state index < -0.39 is 0 Å². The minimum atomic E-state index is -0.335. The highest BCUT2D eigenvalue weighted by atomic mass is 35.5. The van der Waals surface area contributed by atoms with Crippen molar-refractivity contribution in [2.24, 2.45) is 17.6 Å². The molecule has 2 aliphatic rings. The smallest absolute Gasteiger partial charge is 0.228 e. The molecule has 1 atom stereocenters. The van der Waals surface area contributed by atoms with Gasteiger partial charge in [-0.25, -0.2) is 0 Å². The molecule has 0 unspecified atom stereocenters. The van der Waals surface area contributed by atoms with Crippen LogP contribution in [-0.2, 0) is 14.4 Å². The Morgan fingerprint density at radius 3 is 2.29 bits per heavy atom. The van der Waals surface area contributed by atoms with E-state index in [1.165, 1.54) is 0 Å². The molecule has 0 spiro atoms. The maximum atomic E-state index is 12.7. The number of primary amides is 1. The van der Waals surface area contributed by atoms with Gasteiger partial charge in [0.15, 0.2) is 0 Å². The molecule has 2 saturated heterocycles. The second-order valence-electron chi connectivity index (χ2n) is 6.38.